The molecule has 0 atom stereocenters. The summed E-state index contributed by atoms with van der Waals surface area (Å²) in [6.07, 6.45) is 0.241. The molecule has 2 aliphatic carbocycles. The highest BCUT2D eigenvalue weighted by Crippen LogP contribution is 2.45. The van der Waals surface area contributed by atoms with Crippen molar-refractivity contribution in [1.29, 1.82) is 10.5 Å². The van der Waals surface area contributed by atoms with E-state index in [1.165, 1.54) is 0 Å². The van der Waals surface area contributed by atoms with Gasteiger partial charge >= 0.3 is 0 Å². The van der Waals surface area contributed by atoms with Gasteiger partial charge in [-0.3, -0.25) is 0 Å². The van der Waals surface area contributed by atoms with Gasteiger partial charge in [0.1, 0.15) is 0 Å². The summed E-state index contributed by atoms with van der Waals surface area (Å²) in [5, 5.41) is 21.0. The lowest BCUT2D eigenvalue weighted by atomic mass is 9.90. The molecule has 0 spiro atoms. The molecule has 5 aromatic rings. The summed E-state index contributed by atoms with van der Waals surface area (Å²) in [4.78, 5) is 13.5. The quantitative estimate of drug-likeness (QED) is 0.126. The minimum absolute atomic E-state index is 0.120. The molecule has 0 amide bonds. The molecule has 0 bridgehead atoms. The molecule has 0 saturated heterocycles. The third-order valence-electron chi connectivity index (χ3n) is 8.36. The number of pyridine rings is 2. The number of halogens is 4. The van der Waals surface area contributed by atoms with Crippen molar-refractivity contribution in [2.24, 2.45) is 0 Å². The Bertz CT molecular complexity index is 2280. The smallest absolute Gasteiger partial charge is 0.226 e. The molecule has 0 fully saturated rings. The van der Waals surface area contributed by atoms with Crippen molar-refractivity contribution in [2.45, 2.75) is 12.8 Å². The molecule has 6 nitrogen and oxygen atoms in total. The van der Waals surface area contributed by atoms with Crippen LogP contribution in [-0.2, 0) is 12.8 Å². The van der Waals surface area contributed by atoms with Crippen LogP contribution >= 0.6 is 0 Å². The van der Waals surface area contributed by atoms with Gasteiger partial charge in [0, 0.05) is 34.7 Å². The van der Waals surface area contributed by atoms with Gasteiger partial charge in [0.15, 0.2) is 0 Å². The zero-order valence-corrected chi connectivity index (χ0v) is 23.4. The standard InChI is InChI=1S/C36H14F4N6/c1-43-27(15-41)35-25-13-23-19(17-9-29(37)45-30(38)10-17)6-4-8-22(23)34(25)36(28(16-42)44-2)26-14-24-20(5-3-7-21(24)33(26)35)18-11-31(39)46-32(40)12-18/h3-12H,13-14H2/b35-27-,36-28+. The number of benzene rings is 3. The minimum atomic E-state index is -1.01. The Morgan fingerprint density at radius 1 is 0.587 bits per heavy atom. The third-order valence-corrected chi connectivity index (χ3v) is 8.36. The van der Waals surface area contributed by atoms with Crippen LogP contribution < -0.4 is 10.4 Å². The highest BCUT2D eigenvalue weighted by molar-refractivity contribution is 5.96. The van der Waals surface area contributed by atoms with Crippen molar-refractivity contribution in [3.63, 3.8) is 0 Å². The molecule has 0 N–H and O–H groups in total. The normalized spacial score (nSPS) is 13.2. The molecule has 0 aliphatic heterocycles. The summed E-state index contributed by atoms with van der Waals surface area (Å²) in [6.45, 7) is 15.8. The first kappa shape index (κ1) is 28.2. The van der Waals surface area contributed by atoms with Crippen molar-refractivity contribution >= 4 is 11.4 Å². The van der Waals surface area contributed by atoms with Gasteiger partial charge in [0.25, 0.3) is 11.4 Å². The number of nitriles is 2. The molecule has 0 unspecified atom stereocenters. The van der Waals surface area contributed by atoms with Crippen molar-refractivity contribution in [2.75, 3.05) is 0 Å². The van der Waals surface area contributed by atoms with Crippen LogP contribution in [0.5, 0.6) is 0 Å². The predicted molar refractivity (Wildman–Crippen MR) is 160 cm³/mol. The summed E-state index contributed by atoms with van der Waals surface area (Å²) < 4.78 is 56.8. The van der Waals surface area contributed by atoms with Crippen molar-refractivity contribution in [3.8, 4) is 56.6 Å². The lowest BCUT2D eigenvalue weighted by Gasteiger charge is -2.13. The Kier molecular flexibility index (Phi) is 6.45. The molecular weight excluding hydrogens is 592 g/mol. The highest BCUT2D eigenvalue weighted by atomic mass is 19.1. The second kappa shape index (κ2) is 10.5. The van der Waals surface area contributed by atoms with E-state index in [9.17, 15) is 28.1 Å². The Morgan fingerprint density at radius 3 is 1.26 bits per heavy atom. The first-order chi connectivity index (χ1) is 22.3. The molecule has 2 aromatic heterocycles. The Morgan fingerprint density at radius 2 is 0.935 bits per heavy atom. The summed E-state index contributed by atoms with van der Waals surface area (Å²) >= 11 is 0. The van der Waals surface area contributed by atoms with Gasteiger partial charge in [0.05, 0.1) is 25.3 Å². The van der Waals surface area contributed by atoms with E-state index < -0.39 is 23.8 Å². The average molecular weight is 607 g/mol. The molecule has 0 saturated carbocycles. The largest absolute Gasteiger partial charge is 0.269 e. The van der Waals surface area contributed by atoms with Gasteiger partial charge in [-0.25, -0.2) is 20.2 Å². The Hall–Kier alpha value is -6.62. The van der Waals surface area contributed by atoms with Crippen LogP contribution in [0.25, 0.3) is 65.6 Å². The number of hydrogen-bond donors (Lipinski definition) is 0. The fraction of sp³-hybridized carbons (Fsp3) is 0.0556. The molecule has 2 aliphatic rings. The summed E-state index contributed by atoms with van der Waals surface area (Å²) in [7, 11) is 0. The molecule has 7 rings (SSSR count). The van der Waals surface area contributed by atoms with E-state index in [1.54, 1.807) is 36.4 Å². The van der Waals surface area contributed by atoms with E-state index in [-0.39, 0.29) is 35.4 Å². The molecular formula is C36H14F4N6. The highest BCUT2D eigenvalue weighted by Gasteiger charge is 2.34. The first-order valence-electron chi connectivity index (χ1n) is 13.7. The van der Waals surface area contributed by atoms with Gasteiger partial charge in [-0.2, -0.15) is 27.5 Å². The van der Waals surface area contributed by atoms with Crippen LogP contribution in [0.2, 0.25) is 0 Å². The van der Waals surface area contributed by atoms with E-state index in [1.807, 2.05) is 12.1 Å². The van der Waals surface area contributed by atoms with Crippen molar-refractivity contribution < 1.29 is 17.6 Å². The Balaban J connectivity index is 1.63. The first-order valence-corrected chi connectivity index (χ1v) is 13.7. The summed E-state index contributed by atoms with van der Waals surface area (Å²) in [5.74, 6) is -4.03. The van der Waals surface area contributed by atoms with Crippen molar-refractivity contribution in [3.05, 3.63) is 140 Å². The molecule has 0 radical (unpaired) electrons. The van der Waals surface area contributed by atoms with Crippen LogP contribution in [0.3, 0.4) is 0 Å². The topological polar surface area (TPSA) is 82.1 Å². The second-order valence-corrected chi connectivity index (χ2v) is 10.6. The fourth-order valence-electron chi connectivity index (χ4n) is 6.76. The number of rotatable bonds is 2. The van der Waals surface area contributed by atoms with E-state index in [0.29, 0.717) is 66.1 Å². The van der Waals surface area contributed by atoms with Crippen LogP contribution in [0, 0.1) is 59.6 Å². The maximum Gasteiger partial charge on any atom is 0.269 e. The van der Waals surface area contributed by atoms with Gasteiger partial charge in [-0.05, 0) is 79.6 Å². The minimum Gasteiger partial charge on any atom is -0.226 e. The molecule has 10 heteroatoms. The van der Waals surface area contributed by atoms with Gasteiger partial charge < -0.3 is 0 Å². The van der Waals surface area contributed by atoms with Crippen LogP contribution in [0.1, 0.15) is 22.3 Å². The maximum atomic E-state index is 14.2. The number of fused-ring (bicyclic) bond motifs is 6. The average Bonchev–Trinajstić information content (AvgIpc) is 3.61. The van der Waals surface area contributed by atoms with Gasteiger partial charge in [0.2, 0.25) is 23.8 Å². The van der Waals surface area contributed by atoms with Crippen molar-refractivity contribution in [1.82, 2.24) is 9.97 Å². The fourth-order valence-corrected chi connectivity index (χ4v) is 6.76. The summed E-state index contributed by atoms with van der Waals surface area (Å²) in [6, 6.07) is 18.7. The maximum absolute atomic E-state index is 14.2. The second-order valence-electron chi connectivity index (χ2n) is 10.6. The molecule has 216 valence electrons. The zero-order chi connectivity index (χ0) is 32.3. The third kappa shape index (κ3) is 4.14. The van der Waals surface area contributed by atoms with Crippen LogP contribution in [0.15, 0.2) is 60.7 Å². The zero-order valence-electron chi connectivity index (χ0n) is 23.4. The number of nitrogens with zero attached hydrogens (tertiary/aromatic N) is 6. The molecule has 3 aromatic carbocycles. The molecule has 46 heavy (non-hydrogen) atoms. The predicted octanol–water partition coefficient (Wildman–Crippen LogP) is 6.61. The van der Waals surface area contributed by atoms with Crippen LogP contribution in [0.4, 0.5) is 17.6 Å². The SMILES string of the molecule is [C-]#[N+]/C(C#N)=c1/c2c(/c(=C(\C#N)[N+]#[C-])c3c1-c1cccc(-c4cc(F)nc(F)c4)c1C3)-c1cccc(-c3cc(F)nc(F)c3)c1C2. The van der Waals surface area contributed by atoms with Crippen LogP contribution in [-0.4, -0.2) is 9.97 Å². The van der Waals surface area contributed by atoms with Gasteiger partial charge in [-0.1, -0.05) is 36.4 Å². The lowest BCUT2D eigenvalue weighted by Crippen LogP contribution is -2.25. The monoisotopic (exact) mass is 606 g/mol. The van der Waals surface area contributed by atoms with Gasteiger partial charge in [-0.15, -0.1) is 0 Å². The van der Waals surface area contributed by atoms with E-state index in [2.05, 4.69) is 19.7 Å². The number of aromatic nitrogens is 2. The number of hydrogen-bond acceptors (Lipinski definition) is 4. The van der Waals surface area contributed by atoms with E-state index in [0.717, 1.165) is 24.3 Å². The Labute approximate surface area is 258 Å². The summed E-state index contributed by atoms with van der Waals surface area (Å²) in [5.41, 5.74) is 5.35. The van der Waals surface area contributed by atoms with E-state index >= 15 is 0 Å². The van der Waals surface area contributed by atoms with E-state index in [4.69, 9.17) is 13.1 Å². The lowest BCUT2D eigenvalue weighted by molar-refractivity contribution is 0.512. The molecule has 2 heterocycles.